The third-order valence-corrected chi connectivity index (χ3v) is 4.99. The van der Waals surface area contributed by atoms with Crippen LogP contribution in [-0.2, 0) is 9.59 Å². The highest BCUT2D eigenvalue weighted by atomic mass is 32.1. The number of likely N-dealkylation sites (tertiary alicyclic amines) is 1. The minimum Gasteiger partial charge on any atom is -0.343 e. The molecular weight excluding hydrogens is 300 g/mol. The van der Waals surface area contributed by atoms with Crippen LogP contribution in [0.3, 0.4) is 0 Å². The van der Waals surface area contributed by atoms with Gasteiger partial charge in [0.2, 0.25) is 16.9 Å². The van der Waals surface area contributed by atoms with Crippen molar-refractivity contribution in [3.63, 3.8) is 0 Å². The standard InChI is InChI=1S/C15H24N4O2S/c1-4-5-12(20)19-8-6-11(7-9-19)13(21)16-15-18-17-14(22-15)10(2)3/h10-11H,4-9H2,1-3H3,(H,16,18,21). The fourth-order valence-electron chi connectivity index (χ4n) is 2.49. The van der Waals surface area contributed by atoms with Crippen molar-refractivity contribution in [1.29, 1.82) is 0 Å². The predicted molar refractivity (Wildman–Crippen MR) is 86.8 cm³/mol. The minimum absolute atomic E-state index is 0.00551. The van der Waals surface area contributed by atoms with Gasteiger partial charge in [0.15, 0.2) is 0 Å². The first-order valence-electron chi connectivity index (χ1n) is 7.93. The molecule has 2 rings (SSSR count). The number of nitrogens with zero attached hydrogens (tertiary/aromatic N) is 3. The molecule has 1 N–H and O–H groups in total. The second-order valence-electron chi connectivity index (χ2n) is 5.99. The van der Waals surface area contributed by atoms with Gasteiger partial charge in [0.25, 0.3) is 0 Å². The first-order chi connectivity index (χ1) is 10.5. The molecule has 1 saturated heterocycles. The van der Waals surface area contributed by atoms with Gasteiger partial charge in [-0.3, -0.25) is 9.59 Å². The van der Waals surface area contributed by atoms with Gasteiger partial charge in [0.05, 0.1) is 0 Å². The average molecular weight is 324 g/mol. The fraction of sp³-hybridized carbons (Fsp3) is 0.733. The van der Waals surface area contributed by atoms with Gasteiger partial charge >= 0.3 is 0 Å². The molecule has 0 radical (unpaired) electrons. The molecule has 0 unspecified atom stereocenters. The van der Waals surface area contributed by atoms with Crippen LogP contribution in [0.2, 0.25) is 0 Å². The van der Waals surface area contributed by atoms with E-state index in [4.69, 9.17) is 0 Å². The Morgan fingerprint density at radius 2 is 2.00 bits per heavy atom. The summed E-state index contributed by atoms with van der Waals surface area (Å²) in [7, 11) is 0. The van der Waals surface area contributed by atoms with E-state index < -0.39 is 0 Å². The van der Waals surface area contributed by atoms with E-state index in [2.05, 4.69) is 29.4 Å². The molecule has 2 amide bonds. The fourth-order valence-corrected chi connectivity index (χ4v) is 3.24. The molecule has 6 nitrogen and oxygen atoms in total. The summed E-state index contributed by atoms with van der Waals surface area (Å²) < 4.78 is 0. The largest absolute Gasteiger partial charge is 0.343 e. The van der Waals surface area contributed by atoms with E-state index in [-0.39, 0.29) is 17.7 Å². The second kappa shape index (κ2) is 7.67. The lowest BCUT2D eigenvalue weighted by molar-refractivity contribution is -0.134. The van der Waals surface area contributed by atoms with Crippen LogP contribution < -0.4 is 5.32 Å². The summed E-state index contributed by atoms with van der Waals surface area (Å²) in [4.78, 5) is 26.0. The zero-order chi connectivity index (χ0) is 16.1. The minimum atomic E-state index is -0.0444. The molecule has 1 aromatic heterocycles. The summed E-state index contributed by atoms with van der Waals surface area (Å²) in [5.41, 5.74) is 0. The van der Waals surface area contributed by atoms with Gasteiger partial charge in [-0.05, 0) is 19.3 Å². The maximum atomic E-state index is 12.3. The molecule has 1 aromatic rings. The van der Waals surface area contributed by atoms with Gasteiger partial charge in [0.1, 0.15) is 5.01 Å². The van der Waals surface area contributed by atoms with E-state index in [1.807, 2.05) is 11.8 Å². The molecule has 0 atom stereocenters. The Hall–Kier alpha value is -1.50. The van der Waals surface area contributed by atoms with Crippen LogP contribution in [0.4, 0.5) is 5.13 Å². The van der Waals surface area contributed by atoms with E-state index in [1.165, 1.54) is 11.3 Å². The van der Waals surface area contributed by atoms with E-state index in [0.29, 0.717) is 30.6 Å². The number of anilines is 1. The topological polar surface area (TPSA) is 75.2 Å². The first-order valence-corrected chi connectivity index (χ1v) is 8.75. The van der Waals surface area contributed by atoms with Crippen LogP contribution in [0, 0.1) is 5.92 Å². The lowest BCUT2D eigenvalue weighted by atomic mass is 9.96. The van der Waals surface area contributed by atoms with E-state index >= 15 is 0 Å². The lowest BCUT2D eigenvalue weighted by Crippen LogP contribution is -2.41. The zero-order valence-corrected chi connectivity index (χ0v) is 14.3. The number of rotatable bonds is 5. The Morgan fingerprint density at radius 1 is 1.32 bits per heavy atom. The number of carbonyl (C=O) groups excluding carboxylic acids is 2. The third-order valence-electron chi connectivity index (χ3n) is 3.85. The summed E-state index contributed by atoms with van der Waals surface area (Å²) in [6.45, 7) is 7.45. The monoisotopic (exact) mass is 324 g/mol. The molecule has 1 aliphatic rings. The number of aromatic nitrogens is 2. The van der Waals surface area contributed by atoms with Gasteiger partial charge in [-0.15, -0.1) is 10.2 Å². The Balaban J connectivity index is 1.83. The highest BCUT2D eigenvalue weighted by Gasteiger charge is 2.27. The predicted octanol–water partition coefficient (Wildman–Crippen LogP) is 2.64. The molecule has 0 aliphatic carbocycles. The number of nitrogens with one attached hydrogen (secondary N) is 1. The van der Waals surface area contributed by atoms with E-state index in [9.17, 15) is 9.59 Å². The Labute approximate surface area is 135 Å². The number of hydrogen-bond donors (Lipinski definition) is 1. The Bertz CT molecular complexity index is 521. The SMILES string of the molecule is CCCC(=O)N1CCC(C(=O)Nc2nnc(C(C)C)s2)CC1. The highest BCUT2D eigenvalue weighted by molar-refractivity contribution is 7.15. The Kier molecular flexibility index (Phi) is 5.88. The van der Waals surface area contributed by atoms with Gasteiger partial charge in [0, 0.05) is 31.3 Å². The van der Waals surface area contributed by atoms with Crippen molar-refractivity contribution in [1.82, 2.24) is 15.1 Å². The van der Waals surface area contributed by atoms with E-state index in [1.54, 1.807) is 0 Å². The zero-order valence-electron chi connectivity index (χ0n) is 13.5. The molecule has 1 aliphatic heterocycles. The molecule has 1 fully saturated rings. The number of hydrogen-bond acceptors (Lipinski definition) is 5. The van der Waals surface area contributed by atoms with Crippen LogP contribution in [-0.4, -0.2) is 40.0 Å². The molecule has 0 saturated carbocycles. The Morgan fingerprint density at radius 3 is 2.55 bits per heavy atom. The third kappa shape index (κ3) is 4.25. The van der Waals surface area contributed by atoms with Crippen molar-refractivity contribution in [3.8, 4) is 0 Å². The van der Waals surface area contributed by atoms with Crippen molar-refractivity contribution in [2.75, 3.05) is 18.4 Å². The van der Waals surface area contributed by atoms with Crippen molar-refractivity contribution in [3.05, 3.63) is 5.01 Å². The summed E-state index contributed by atoms with van der Waals surface area (Å²) >= 11 is 1.43. The van der Waals surface area contributed by atoms with Gasteiger partial charge in [-0.2, -0.15) is 0 Å². The first kappa shape index (κ1) is 16.9. The van der Waals surface area contributed by atoms with Crippen LogP contribution in [0.15, 0.2) is 0 Å². The lowest BCUT2D eigenvalue weighted by Gasteiger charge is -2.31. The maximum absolute atomic E-state index is 12.3. The summed E-state index contributed by atoms with van der Waals surface area (Å²) in [5, 5.41) is 12.4. The normalized spacial score (nSPS) is 16.1. The van der Waals surface area contributed by atoms with Gasteiger partial charge in [-0.1, -0.05) is 32.1 Å². The maximum Gasteiger partial charge on any atom is 0.229 e. The number of carbonyl (C=O) groups is 2. The summed E-state index contributed by atoms with van der Waals surface area (Å²) in [6, 6.07) is 0. The quantitative estimate of drug-likeness (QED) is 0.903. The van der Waals surface area contributed by atoms with E-state index in [0.717, 1.165) is 24.3 Å². The second-order valence-corrected chi connectivity index (χ2v) is 7.00. The molecule has 0 bridgehead atoms. The van der Waals surface area contributed by atoms with Crippen molar-refractivity contribution in [2.45, 2.75) is 52.4 Å². The summed E-state index contributed by atoms with van der Waals surface area (Å²) in [5.74, 6) is 0.467. The molecule has 22 heavy (non-hydrogen) atoms. The van der Waals surface area contributed by atoms with Crippen LogP contribution in [0.5, 0.6) is 0 Å². The van der Waals surface area contributed by atoms with Gasteiger partial charge in [-0.25, -0.2) is 0 Å². The van der Waals surface area contributed by atoms with Crippen molar-refractivity contribution >= 4 is 28.3 Å². The van der Waals surface area contributed by atoms with Crippen LogP contribution >= 0.6 is 11.3 Å². The number of amides is 2. The van der Waals surface area contributed by atoms with Crippen molar-refractivity contribution in [2.24, 2.45) is 5.92 Å². The molecule has 2 heterocycles. The molecule has 7 heteroatoms. The number of piperidine rings is 1. The molecule has 122 valence electrons. The summed E-state index contributed by atoms with van der Waals surface area (Å²) in [6.07, 6.45) is 2.91. The van der Waals surface area contributed by atoms with Crippen LogP contribution in [0.25, 0.3) is 0 Å². The molecule has 0 spiro atoms. The van der Waals surface area contributed by atoms with Crippen molar-refractivity contribution < 1.29 is 9.59 Å². The van der Waals surface area contributed by atoms with Crippen LogP contribution in [0.1, 0.15) is 57.4 Å². The van der Waals surface area contributed by atoms with Gasteiger partial charge < -0.3 is 10.2 Å². The smallest absolute Gasteiger partial charge is 0.229 e. The average Bonchev–Trinajstić information content (AvgIpc) is 2.96. The highest BCUT2D eigenvalue weighted by Crippen LogP contribution is 2.24. The molecular formula is C15H24N4O2S. The molecule has 0 aromatic carbocycles.